The molecule has 3 N–H and O–H groups in total. The van der Waals surface area contributed by atoms with E-state index in [1.165, 1.54) is 24.3 Å². The molecule has 6 nitrogen and oxygen atoms in total. The van der Waals surface area contributed by atoms with E-state index in [9.17, 15) is 23.9 Å². The molecule has 1 atom stereocenters. The van der Waals surface area contributed by atoms with Gasteiger partial charge in [0, 0.05) is 12.0 Å². The highest BCUT2D eigenvalue weighted by Crippen LogP contribution is 2.06. The lowest BCUT2D eigenvalue weighted by Crippen LogP contribution is -2.46. The molecule has 0 aliphatic carbocycles. The molecule has 0 fully saturated rings. The minimum absolute atomic E-state index is 0.00792. The maximum Gasteiger partial charge on any atom is 0.326 e. The van der Waals surface area contributed by atoms with Crippen molar-refractivity contribution in [3.8, 4) is 0 Å². The Balaban J connectivity index is 1.88. The number of carboxylic acid groups (broad SMARTS) is 1. The Morgan fingerprint density at radius 3 is 2.24 bits per heavy atom. The van der Waals surface area contributed by atoms with Gasteiger partial charge in [-0.05, 0) is 29.8 Å². The van der Waals surface area contributed by atoms with Gasteiger partial charge in [-0.1, -0.05) is 30.3 Å². The van der Waals surface area contributed by atoms with Crippen LogP contribution in [0, 0.1) is 5.82 Å². The molecule has 0 aliphatic heterocycles. The number of benzene rings is 2. The molecule has 2 aromatic carbocycles. The van der Waals surface area contributed by atoms with Crippen molar-refractivity contribution in [2.75, 3.05) is 6.54 Å². The standard InChI is InChI=1S/C18H17FN2O4/c19-14-8-6-12(7-9-14)10-15(18(24)25)21-16(22)11-20-17(23)13-4-2-1-3-5-13/h1-9,15H,10-11H2,(H,20,23)(H,21,22)(H,24,25)/t15-/m0/s1. The minimum Gasteiger partial charge on any atom is -0.480 e. The van der Waals surface area contributed by atoms with E-state index < -0.39 is 29.6 Å². The summed E-state index contributed by atoms with van der Waals surface area (Å²) in [6, 6.07) is 12.5. The molecule has 0 heterocycles. The van der Waals surface area contributed by atoms with Crippen LogP contribution in [0.15, 0.2) is 54.6 Å². The molecule has 2 aromatic rings. The largest absolute Gasteiger partial charge is 0.480 e. The molecule has 0 aromatic heterocycles. The van der Waals surface area contributed by atoms with Crippen molar-refractivity contribution in [1.82, 2.24) is 10.6 Å². The summed E-state index contributed by atoms with van der Waals surface area (Å²) in [6.45, 7) is -0.346. The monoisotopic (exact) mass is 344 g/mol. The highest BCUT2D eigenvalue weighted by atomic mass is 19.1. The van der Waals surface area contributed by atoms with Crippen LogP contribution >= 0.6 is 0 Å². The van der Waals surface area contributed by atoms with Gasteiger partial charge in [0.25, 0.3) is 5.91 Å². The van der Waals surface area contributed by atoms with E-state index in [0.717, 1.165) is 0 Å². The van der Waals surface area contributed by atoms with Gasteiger partial charge in [-0.25, -0.2) is 9.18 Å². The third-order valence-corrected chi connectivity index (χ3v) is 3.43. The number of amides is 2. The molecule has 0 unspecified atom stereocenters. The number of hydrogen-bond donors (Lipinski definition) is 3. The van der Waals surface area contributed by atoms with Crippen LogP contribution in [0.4, 0.5) is 4.39 Å². The lowest BCUT2D eigenvalue weighted by Gasteiger charge is -2.15. The zero-order valence-electron chi connectivity index (χ0n) is 13.2. The Bertz CT molecular complexity index is 747. The third kappa shape index (κ3) is 5.72. The van der Waals surface area contributed by atoms with Crippen molar-refractivity contribution in [1.29, 1.82) is 0 Å². The summed E-state index contributed by atoms with van der Waals surface area (Å²) in [5.41, 5.74) is 0.971. The zero-order chi connectivity index (χ0) is 18.2. The van der Waals surface area contributed by atoms with E-state index in [1.807, 2.05) is 0 Å². The summed E-state index contributed by atoms with van der Waals surface area (Å²) in [5.74, 6) is -2.70. The van der Waals surface area contributed by atoms with Gasteiger partial charge in [0.05, 0.1) is 6.54 Å². The first-order chi connectivity index (χ1) is 12.0. The Labute approximate surface area is 143 Å². The number of rotatable bonds is 7. The molecule has 0 spiro atoms. The van der Waals surface area contributed by atoms with Crippen LogP contribution in [0.1, 0.15) is 15.9 Å². The molecular formula is C18H17FN2O4. The smallest absolute Gasteiger partial charge is 0.326 e. The van der Waals surface area contributed by atoms with Crippen molar-refractivity contribution >= 4 is 17.8 Å². The number of hydrogen-bond acceptors (Lipinski definition) is 3. The van der Waals surface area contributed by atoms with Gasteiger partial charge in [-0.3, -0.25) is 9.59 Å². The van der Waals surface area contributed by atoms with Crippen molar-refractivity contribution in [2.45, 2.75) is 12.5 Å². The van der Waals surface area contributed by atoms with Gasteiger partial charge in [0.15, 0.2) is 0 Å². The second-order valence-electron chi connectivity index (χ2n) is 5.34. The Morgan fingerprint density at radius 2 is 1.64 bits per heavy atom. The highest BCUT2D eigenvalue weighted by Gasteiger charge is 2.20. The van der Waals surface area contributed by atoms with Crippen LogP contribution < -0.4 is 10.6 Å². The molecule has 0 saturated carbocycles. The highest BCUT2D eigenvalue weighted by molar-refractivity contribution is 5.96. The average Bonchev–Trinajstić information content (AvgIpc) is 2.61. The van der Waals surface area contributed by atoms with Crippen LogP contribution in [0.2, 0.25) is 0 Å². The van der Waals surface area contributed by atoms with Gasteiger partial charge in [0.2, 0.25) is 5.91 Å². The summed E-state index contributed by atoms with van der Waals surface area (Å²) >= 11 is 0. The van der Waals surface area contributed by atoms with Crippen LogP contribution in [0.25, 0.3) is 0 Å². The third-order valence-electron chi connectivity index (χ3n) is 3.43. The number of carbonyl (C=O) groups is 3. The predicted molar refractivity (Wildman–Crippen MR) is 88.4 cm³/mol. The summed E-state index contributed by atoms with van der Waals surface area (Å²) in [6.07, 6.45) is 0.00792. The lowest BCUT2D eigenvalue weighted by atomic mass is 10.1. The number of nitrogens with one attached hydrogen (secondary N) is 2. The van der Waals surface area contributed by atoms with E-state index in [2.05, 4.69) is 10.6 Å². The number of carboxylic acids is 1. The molecule has 0 radical (unpaired) electrons. The summed E-state index contributed by atoms with van der Waals surface area (Å²) < 4.78 is 12.9. The van der Waals surface area contributed by atoms with Gasteiger partial charge in [-0.15, -0.1) is 0 Å². The summed E-state index contributed by atoms with van der Waals surface area (Å²) in [7, 11) is 0. The van der Waals surface area contributed by atoms with Crippen molar-refractivity contribution < 1.29 is 23.9 Å². The maximum absolute atomic E-state index is 12.9. The Morgan fingerprint density at radius 1 is 1.00 bits per heavy atom. The van der Waals surface area contributed by atoms with E-state index in [-0.39, 0.29) is 13.0 Å². The van der Waals surface area contributed by atoms with Crippen molar-refractivity contribution in [3.05, 3.63) is 71.5 Å². The molecule has 0 bridgehead atoms. The first kappa shape index (κ1) is 18.1. The average molecular weight is 344 g/mol. The van der Waals surface area contributed by atoms with Gasteiger partial charge < -0.3 is 15.7 Å². The fourth-order valence-electron chi connectivity index (χ4n) is 2.15. The number of aliphatic carboxylic acids is 1. The van der Waals surface area contributed by atoms with Gasteiger partial charge in [0.1, 0.15) is 11.9 Å². The fourth-order valence-corrected chi connectivity index (χ4v) is 2.15. The zero-order valence-corrected chi connectivity index (χ0v) is 13.2. The van der Waals surface area contributed by atoms with Gasteiger partial charge in [-0.2, -0.15) is 0 Å². The SMILES string of the molecule is O=C(CNC(=O)c1ccccc1)N[C@@H](Cc1ccc(F)cc1)C(=O)O. The van der Waals surface area contributed by atoms with E-state index >= 15 is 0 Å². The minimum atomic E-state index is -1.22. The lowest BCUT2D eigenvalue weighted by molar-refractivity contribution is -0.141. The van der Waals surface area contributed by atoms with Crippen LogP contribution in [-0.4, -0.2) is 35.5 Å². The first-order valence-corrected chi connectivity index (χ1v) is 7.55. The molecule has 0 aliphatic rings. The molecule has 130 valence electrons. The van der Waals surface area contributed by atoms with Gasteiger partial charge >= 0.3 is 5.97 Å². The summed E-state index contributed by atoms with van der Waals surface area (Å²) in [5, 5.41) is 14.0. The quantitative estimate of drug-likeness (QED) is 0.707. The second kappa shape index (κ2) is 8.58. The van der Waals surface area contributed by atoms with Crippen LogP contribution in [-0.2, 0) is 16.0 Å². The molecule has 2 amide bonds. The molecule has 0 saturated heterocycles. The Kier molecular flexibility index (Phi) is 6.22. The van der Waals surface area contributed by atoms with Crippen molar-refractivity contribution in [3.63, 3.8) is 0 Å². The predicted octanol–water partition coefficient (Wildman–Crippen LogP) is 1.37. The number of halogens is 1. The maximum atomic E-state index is 12.9. The van der Waals surface area contributed by atoms with E-state index in [1.54, 1.807) is 30.3 Å². The van der Waals surface area contributed by atoms with E-state index in [0.29, 0.717) is 11.1 Å². The normalized spacial score (nSPS) is 11.4. The topological polar surface area (TPSA) is 95.5 Å². The molecule has 2 rings (SSSR count). The van der Waals surface area contributed by atoms with E-state index in [4.69, 9.17) is 0 Å². The van der Waals surface area contributed by atoms with Crippen LogP contribution in [0.3, 0.4) is 0 Å². The molecule has 25 heavy (non-hydrogen) atoms. The second-order valence-corrected chi connectivity index (χ2v) is 5.34. The number of carbonyl (C=O) groups excluding carboxylic acids is 2. The molecular weight excluding hydrogens is 327 g/mol. The van der Waals surface area contributed by atoms with Crippen LogP contribution in [0.5, 0.6) is 0 Å². The van der Waals surface area contributed by atoms with Crippen molar-refractivity contribution in [2.24, 2.45) is 0 Å². The first-order valence-electron chi connectivity index (χ1n) is 7.55. The Hall–Kier alpha value is -3.22. The fraction of sp³-hybridized carbons (Fsp3) is 0.167. The summed E-state index contributed by atoms with van der Waals surface area (Å²) in [4.78, 5) is 35.0. The molecule has 7 heteroatoms.